The van der Waals surface area contributed by atoms with E-state index < -0.39 is 0 Å². The van der Waals surface area contributed by atoms with Gasteiger partial charge in [0.25, 0.3) is 0 Å². The monoisotopic (exact) mass is 263 g/mol. The minimum atomic E-state index is -0.301. The second-order valence-corrected chi connectivity index (χ2v) is 4.37. The Kier molecular flexibility index (Phi) is 6.99. The van der Waals surface area contributed by atoms with Crippen LogP contribution in [0.2, 0.25) is 0 Å². The molecule has 0 fully saturated rings. The van der Waals surface area contributed by atoms with E-state index in [-0.39, 0.29) is 17.8 Å². The van der Waals surface area contributed by atoms with E-state index >= 15 is 0 Å². The number of carbonyl (C=O) groups is 1. The standard InChI is InChI=1S/C10H17NO5S/c1-13-3-5-15-9(12)8-7-11-10(17-8)16-6-4-14-2/h8H,3-7H2,1-2H3. The van der Waals surface area contributed by atoms with Crippen molar-refractivity contribution in [1.82, 2.24) is 0 Å². The fourth-order valence-corrected chi connectivity index (χ4v) is 1.94. The average molecular weight is 263 g/mol. The number of rotatable bonds is 7. The van der Waals surface area contributed by atoms with Gasteiger partial charge >= 0.3 is 5.97 Å². The summed E-state index contributed by atoms with van der Waals surface area (Å²) in [6.07, 6.45) is 0. The van der Waals surface area contributed by atoms with Gasteiger partial charge < -0.3 is 18.9 Å². The Labute approximate surface area is 105 Å². The third kappa shape index (κ3) is 5.38. The number of hydrogen-bond acceptors (Lipinski definition) is 7. The molecule has 1 aliphatic heterocycles. The van der Waals surface area contributed by atoms with Crippen molar-refractivity contribution in [2.75, 3.05) is 47.2 Å². The molecular formula is C10H17NO5S. The Morgan fingerprint density at radius 2 is 2.00 bits per heavy atom. The lowest BCUT2D eigenvalue weighted by molar-refractivity contribution is -0.143. The Morgan fingerprint density at radius 3 is 2.71 bits per heavy atom. The largest absolute Gasteiger partial charge is 0.471 e. The van der Waals surface area contributed by atoms with Gasteiger partial charge in [0.15, 0.2) is 0 Å². The van der Waals surface area contributed by atoms with E-state index in [1.54, 1.807) is 14.2 Å². The molecule has 0 aromatic rings. The third-order valence-electron chi connectivity index (χ3n) is 1.94. The molecule has 0 bridgehead atoms. The van der Waals surface area contributed by atoms with Crippen LogP contribution in [-0.4, -0.2) is 63.6 Å². The highest BCUT2D eigenvalue weighted by molar-refractivity contribution is 8.14. The second-order valence-electron chi connectivity index (χ2n) is 3.21. The highest BCUT2D eigenvalue weighted by atomic mass is 32.2. The lowest BCUT2D eigenvalue weighted by atomic mass is 10.4. The van der Waals surface area contributed by atoms with Crippen molar-refractivity contribution in [3.63, 3.8) is 0 Å². The van der Waals surface area contributed by atoms with E-state index in [0.29, 0.717) is 31.6 Å². The number of aliphatic imine (C=N–C) groups is 1. The number of nitrogens with zero attached hydrogens (tertiary/aromatic N) is 1. The number of carbonyl (C=O) groups excluding carboxylic acids is 1. The maximum Gasteiger partial charge on any atom is 0.321 e. The van der Waals surface area contributed by atoms with Gasteiger partial charge in [-0.05, 0) is 0 Å². The summed E-state index contributed by atoms with van der Waals surface area (Å²) in [5.41, 5.74) is 0. The predicted octanol–water partition coefficient (Wildman–Crippen LogP) is 0.310. The summed E-state index contributed by atoms with van der Waals surface area (Å²) in [6, 6.07) is 0. The van der Waals surface area contributed by atoms with Crippen LogP contribution in [0, 0.1) is 0 Å². The number of methoxy groups -OCH3 is 2. The van der Waals surface area contributed by atoms with Crippen LogP contribution in [0.3, 0.4) is 0 Å². The second kappa shape index (κ2) is 8.32. The Balaban J connectivity index is 2.16. The van der Waals surface area contributed by atoms with Gasteiger partial charge in [0.05, 0.1) is 19.8 Å². The van der Waals surface area contributed by atoms with Gasteiger partial charge in [-0.25, -0.2) is 4.99 Å². The normalized spacial score (nSPS) is 18.9. The van der Waals surface area contributed by atoms with Crippen molar-refractivity contribution in [2.24, 2.45) is 4.99 Å². The lowest BCUT2D eigenvalue weighted by Gasteiger charge is -2.08. The van der Waals surface area contributed by atoms with Crippen LogP contribution in [0.5, 0.6) is 0 Å². The summed E-state index contributed by atoms with van der Waals surface area (Å²) in [5, 5.41) is 0.222. The molecule has 0 aromatic carbocycles. The first-order valence-corrected chi connectivity index (χ1v) is 6.14. The first-order valence-electron chi connectivity index (χ1n) is 5.26. The summed E-state index contributed by atoms with van der Waals surface area (Å²) >= 11 is 1.28. The van der Waals surface area contributed by atoms with Gasteiger partial charge in [-0.1, -0.05) is 11.8 Å². The summed E-state index contributed by atoms with van der Waals surface area (Å²) in [4.78, 5) is 15.7. The van der Waals surface area contributed by atoms with Gasteiger partial charge in [-0.15, -0.1) is 0 Å². The number of ether oxygens (including phenoxy) is 4. The zero-order valence-electron chi connectivity index (χ0n) is 10.0. The minimum absolute atomic E-state index is 0.270. The SMILES string of the molecule is COCCOC(=O)C1CN=C(OCCOC)S1. The molecule has 0 aliphatic carbocycles. The summed E-state index contributed by atoms with van der Waals surface area (Å²) in [5.74, 6) is -0.277. The topological polar surface area (TPSA) is 66.4 Å². The maximum absolute atomic E-state index is 11.5. The molecule has 0 radical (unpaired) electrons. The van der Waals surface area contributed by atoms with Crippen molar-refractivity contribution in [1.29, 1.82) is 0 Å². The highest BCUT2D eigenvalue weighted by Gasteiger charge is 2.28. The Bertz CT molecular complexity index is 271. The molecule has 0 spiro atoms. The number of hydrogen-bond donors (Lipinski definition) is 0. The van der Waals surface area contributed by atoms with E-state index in [2.05, 4.69) is 4.99 Å². The summed E-state index contributed by atoms with van der Waals surface area (Å²) < 4.78 is 19.9. The lowest BCUT2D eigenvalue weighted by Crippen LogP contribution is -2.23. The zero-order chi connectivity index (χ0) is 12.5. The first kappa shape index (κ1) is 14.3. The molecule has 1 heterocycles. The summed E-state index contributed by atoms with van der Waals surface area (Å²) in [6.45, 7) is 2.02. The molecule has 0 N–H and O–H groups in total. The fourth-order valence-electron chi connectivity index (χ4n) is 1.09. The van der Waals surface area contributed by atoms with Gasteiger partial charge in [0, 0.05) is 14.2 Å². The van der Waals surface area contributed by atoms with E-state index in [1.165, 1.54) is 11.8 Å². The molecule has 0 amide bonds. The van der Waals surface area contributed by atoms with Crippen LogP contribution >= 0.6 is 11.8 Å². The molecule has 1 unspecified atom stereocenters. The van der Waals surface area contributed by atoms with Crippen molar-refractivity contribution in [3.05, 3.63) is 0 Å². The Hall–Kier alpha value is -0.790. The van der Waals surface area contributed by atoms with Crippen LogP contribution in [-0.2, 0) is 23.7 Å². The highest BCUT2D eigenvalue weighted by Crippen LogP contribution is 2.22. The molecule has 98 valence electrons. The fraction of sp³-hybridized carbons (Fsp3) is 0.800. The van der Waals surface area contributed by atoms with Crippen LogP contribution < -0.4 is 0 Å². The van der Waals surface area contributed by atoms with Gasteiger partial charge in [0.2, 0.25) is 5.23 Å². The minimum Gasteiger partial charge on any atom is -0.471 e. The van der Waals surface area contributed by atoms with Crippen LogP contribution in [0.4, 0.5) is 0 Å². The quantitative estimate of drug-likeness (QED) is 0.486. The molecule has 1 aliphatic rings. The molecular weight excluding hydrogens is 246 g/mol. The third-order valence-corrected chi connectivity index (χ3v) is 3.01. The molecule has 0 aromatic heterocycles. The predicted molar refractivity (Wildman–Crippen MR) is 64.3 cm³/mol. The van der Waals surface area contributed by atoms with Crippen molar-refractivity contribution < 1.29 is 23.7 Å². The van der Waals surface area contributed by atoms with Gasteiger partial charge in [0.1, 0.15) is 18.5 Å². The Morgan fingerprint density at radius 1 is 1.29 bits per heavy atom. The van der Waals surface area contributed by atoms with Crippen molar-refractivity contribution >= 4 is 23.0 Å². The molecule has 1 atom stereocenters. The van der Waals surface area contributed by atoms with Crippen LogP contribution in [0.15, 0.2) is 4.99 Å². The van der Waals surface area contributed by atoms with Crippen molar-refractivity contribution in [2.45, 2.75) is 5.25 Å². The average Bonchev–Trinajstić information content (AvgIpc) is 2.78. The maximum atomic E-state index is 11.5. The van der Waals surface area contributed by atoms with Crippen LogP contribution in [0.1, 0.15) is 0 Å². The van der Waals surface area contributed by atoms with E-state index in [4.69, 9.17) is 18.9 Å². The molecule has 7 heteroatoms. The van der Waals surface area contributed by atoms with Gasteiger partial charge in [-0.2, -0.15) is 0 Å². The smallest absolute Gasteiger partial charge is 0.321 e. The van der Waals surface area contributed by atoms with Crippen LogP contribution in [0.25, 0.3) is 0 Å². The number of thioether (sulfide) groups is 1. The van der Waals surface area contributed by atoms with Gasteiger partial charge in [-0.3, -0.25) is 4.79 Å². The first-order chi connectivity index (χ1) is 8.27. The van der Waals surface area contributed by atoms with E-state index in [0.717, 1.165) is 0 Å². The number of esters is 1. The van der Waals surface area contributed by atoms with E-state index in [9.17, 15) is 4.79 Å². The summed E-state index contributed by atoms with van der Waals surface area (Å²) in [7, 11) is 3.16. The molecule has 0 saturated carbocycles. The van der Waals surface area contributed by atoms with Crippen molar-refractivity contribution in [3.8, 4) is 0 Å². The molecule has 6 nitrogen and oxygen atoms in total. The zero-order valence-corrected chi connectivity index (χ0v) is 10.8. The molecule has 1 rings (SSSR count). The molecule has 0 saturated heterocycles. The molecule has 17 heavy (non-hydrogen) atoms. The van der Waals surface area contributed by atoms with E-state index in [1.807, 2.05) is 0 Å².